The molecule has 2 aliphatic carbocycles. The number of nitriles is 1. The van der Waals surface area contributed by atoms with E-state index >= 15 is 8.78 Å². The average molecular weight is 1030 g/mol. The molecule has 396 valence electrons. The molecule has 18 heteroatoms. The highest BCUT2D eigenvalue weighted by molar-refractivity contribution is 5.95. The molecule has 0 saturated heterocycles. The van der Waals surface area contributed by atoms with Crippen LogP contribution in [0, 0.1) is 41.7 Å². The third kappa shape index (κ3) is 11.4. The lowest BCUT2D eigenvalue weighted by molar-refractivity contribution is -0.124. The van der Waals surface area contributed by atoms with Crippen LogP contribution < -0.4 is 26.0 Å². The Balaban J connectivity index is 0.893. The van der Waals surface area contributed by atoms with E-state index in [1.807, 2.05) is 71.3 Å². The summed E-state index contributed by atoms with van der Waals surface area (Å²) in [4.78, 5) is 53.9. The summed E-state index contributed by atoms with van der Waals surface area (Å²) < 4.78 is 40.8. The number of anilines is 2. The van der Waals surface area contributed by atoms with Gasteiger partial charge in [-0.2, -0.15) is 15.5 Å². The van der Waals surface area contributed by atoms with Crippen molar-refractivity contribution in [2.24, 2.45) is 25.9 Å². The molecule has 0 aliphatic heterocycles. The van der Waals surface area contributed by atoms with Gasteiger partial charge in [-0.25, -0.2) is 23.7 Å². The summed E-state index contributed by atoms with van der Waals surface area (Å²) in [6.07, 6.45) is 9.13. The van der Waals surface area contributed by atoms with Crippen LogP contribution in [-0.4, -0.2) is 71.4 Å². The standard InChI is InChI=1S/C58H66F2N12O4/c1-31(2)54-45-22-37(24-47(59)52(45)69-71(54)6)43-26-49(63-28-33(43)5)67-56(74)34-11-9-13-40(19-34)62-29-36-15-16-42(66-58(36)76-8)21-39-30-64-50(68-57(75)35-12-10-14-41(20-35)65-51(73)17-18-61)27-44(39)38-23-46-53(48(60)25-38)70-72(7)55(46)32(3)4/h15-16,22-28,30-32,34-35,40-41,62H,9-14,17,19-21,29H2,1-8H3,(H,65,73)(H,63,67,74)(H,64,68,75)/t34-,35-,40+,41+/m0/s1. The van der Waals surface area contributed by atoms with E-state index in [0.717, 1.165) is 71.1 Å². The van der Waals surface area contributed by atoms with E-state index in [1.165, 1.54) is 12.1 Å². The summed E-state index contributed by atoms with van der Waals surface area (Å²) in [5.41, 5.74) is 8.30. The van der Waals surface area contributed by atoms with Gasteiger partial charge >= 0.3 is 0 Å². The molecule has 3 amide bonds. The monoisotopic (exact) mass is 1030 g/mol. The molecule has 5 aromatic heterocycles. The number of ether oxygens (including phenoxy) is 1. The Hall–Kier alpha value is -7.65. The van der Waals surface area contributed by atoms with Crippen molar-refractivity contribution < 1.29 is 27.9 Å². The molecular formula is C58H66F2N12O4. The van der Waals surface area contributed by atoms with Crippen LogP contribution in [0.15, 0.2) is 60.9 Å². The maximum absolute atomic E-state index is 16.1. The van der Waals surface area contributed by atoms with Gasteiger partial charge < -0.3 is 26.0 Å². The SMILES string of the molecule is COc1nc(Cc2cnc(NC(=O)[C@H]3CCC[C@@H](NC(=O)CC#N)C3)cc2-c2cc(F)c3nn(C)c(C(C)C)c3c2)ccc1CN[C@@H]1CCC[C@H](C(=O)Nc2cc(-c3cc(F)c4nn(C)c(C(C)C)c4c3)c(C)cn2)C1. The van der Waals surface area contributed by atoms with Gasteiger partial charge in [-0.05, 0) is 133 Å². The molecule has 16 nitrogen and oxygen atoms in total. The number of aryl methyl sites for hydroxylation is 3. The Morgan fingerprint density at radius 2 is 1.30 bits per heavy atom. The summed E-state index contributed by atoms with van der Waals surface area (Å²) in [5.74, 6) is -0.828. The van der Waals surface area contributed by atoms with Crippen molar-refractivity contribution in [3.05, 3.63) is 106 Å². The summed E-state index contributed by atoms with van der Waals surface area (Å²) in [5, 5.41) is 31.9. The Kier molecular flexibility index (Phi) is 15.9. The van der Waals surface area contributed by atoms with E-state index in [9.17, 15) is 14.4 Å². The van der Waals surface area contributed by atoms with Gasteiger partial charge in [-0.3, -0.25) is 23.7 Å². The molecule has 4 atom stereocenters. The van der Waals surface area contributed by atoms with Crippen LogP contribution in [0.1, 0.15) is 131 Å². The van der Waals surface area contributed by atoms with Crippen LogP contribution in [0.5, 0.6) is 5.88 Å². The van der Waals surface area contributed by atoms with Crippen LogP contribution >= 0.6 is 0 Å². The number of nitrogens with one attached hydrogen (secondary N) is 4. The number of halogens is 2. The highest BCUT2D eigenvalue weighted by atomic mass is 19.1. The summed E-state index contributed by atoms with van der Waals surface area (Å²) in [6, 6.07) is 16.1. The molecule has 9 rings (SSSR count). The van der Waals surface area contributed by atoms with E-state index in [-0.39, 0.29) is 65.4 Å². The predicted molar refractivity (Wildman–Crippen MR) is 288 cm³/mol. The molecule has 2 fully saturated rings. The van der Waals surface area contributed by atoms with Crippen molar-refractivity contribution >= 4 is 51.2 Å². The topological polar surface area (TPSA) is 207 Å². The van der Waals surface area contributed by atoms with Crippen LogP contribution in [0.4, 0.5) is 20.4 Å². The van der Waals surface area contributed by atoms with Crippen LogP contribution in [-0.2, 0) is 41.4 Å². The lowest BCUT2D eigenvalue weighted by Crippen LogP contribution is -2.40. The average Bonchev–Trinajstić information content (AvgIpc) is 4.00. The maximum Gasteiger partial charge on any atom is 0.234 e. The van der Waals surface area contributed by atoms with Crippen LogP contribution in [0.2, 0.25) is 0 Å². The minimum Gasteiger partial charge on any atom is -0.481 e. The molecule has 0 bridgehead atoms. The van der Waals surface area contributed by atoms with Crippen molar-refractivity contribution in [3.63, 3.8) is 0 Å². The number of amides is 3. The van der Waals surface area contributed by atoms with Crippen molar-refractivity contribution in [2.45, 2.75) is 129 Å². The molecule has 5 heterocycles. The Morgan fingerprint density at radius 1 is 0.750 bits per heavy atom. The first-order valence-electron chi connectivity index (χ1n) is 26.3. The first kappa shape index (κ1) is 53.2. The number of benzene rings is 2. The Bertz CT molecular complexity index is 3400. The van der Waals surface area contributed by atoms with E-state index < -0.39 is 11.6 Å². The lowest BCUT2D eigenvalue weighted by atomic mass is 9.85. The molecule has 2 saturated carbocycles. The highest BCUT2D eigenvalue weighted by Gasteiger charge is 2.30. The molecule has 76 heavy (non-hydrogen) atoms. The first-order chi connectivity index (χ1) is 36.5. The van der Waals surface area contributed by atoms with E-state index in [1.54, 1.807) is 34.9 Å². The number of methoxy groups -OCH3 is 1. The fraction of sp³-hybridized carbons (Fsp3) is 0.431. The zero-order valence-corrected chi connectivity index (χ0v) is 44.5. The van der Waals surface area contributed by atoms with Gasteiger partial charge in [-0.1, -0.05) is 46.6 Å². The minimum absolute atomic E-state index is 0.0518. The number of hydrogen-bond acceptors (Lipinski definition) is 11. The number of aromatic nitrogens is 7. The molecule has 0 unspecified atom stereocenters. The third-order valence-electron chi connectivity index (χ3n) is 15.0. The second kappa shape index (κ2) is 22.7. The van der Waals surface area contributed by atoms with Crippen molar-refractivity contribution in [1.82, 2.24) is 45.1 Å². The van der Waals surface area contributed by atoms with Crippen molar-refractivity contribution in [3.8, 4) is 34.2 Å². The maximum atomic E-state index is 16.1. The molecule has 0 spiro atoms. The quantitative estimate of drug-likeness (QED) is 0.0716. The first-order valence-corrected chi connectivity index (χ1v) is 26.3. The largest absolute Gasteiger partial charge is 0.481 e. The smallest absolute Gasteiger partial charge is 0.234 e. The lowest BCUT2D eigenvalue weighted by Gasteiger charge is -2.29. The van der Waals surface area contributed by atoms with Crippen molar-refractivity contribution in [2.75, 3.05) is 17.7 Å². The second-order valence-electron chi connectivity index (χ2n) is 21.2. The molecule has 7 aromatic rings. The van der Waals surface area contributed by atoms with Gasteiger partial charge in [0.05, 0.1) is 13.2 Å². The fourth-order valence-electron chi connectivity index (χ4n) is 11.4. The van der Waals surface area contributed by atoms with E-state index in [0.29, 0.717) is 83.0 Å². The highest BCUT2D eigenvalue weighted by Crippen LogP contribution is 2.37. The van der Waals surface area contributed by atoms with Gasteiger partial charge in [-0.15, -0.1) is 0 Å². The number of rotatable bonds is 16. The molecule has 2 aliphatic rings. The second-order valence-corrected chi connectivity index (χ2v) is 21.2. The van der Waals surface area contributed by atoms with Crippen LogP contribution in [0.3, 0.4) is 0 Å². The normalized spacial score (nSPS) is 17.8. The van der Waals surface area contributed by atoms with Gasteiger partial charge in [0, 0.05) is 96.8 Å². The predicted octanol–water partition coefficient (Wildman–Crippen LogP) is 10.2. The summed E-state index contributed by atoms with van der Waals surface area (Å²) >= 11 is 0. The van der Waals surface area contributed by atoms with Gasteiger partial charge in [0.15, 0.2) is 11.6 Å². The molecule has 2 aromatic carbocycles. The van der Waals surface area contributed by atoms with E-state index in [4.69, 9.17) is 15.0 Å². The summed E-state index contributed by atoms with van der Waals surface area (Å²) in [6.45, 7) is 10.6. The summed E-state index contributed by atoms with van der Waals surface area (Å²) in [7, 11) is 5.22. The van der Waals surface area contributed by atoms with E-state index in [2.05, 4.69) is 55.3 Å². The van der Waals surface area contributed by atoms with Gasteiger partial charge in [0.2, 0.25) is 23.6 Å². The molecule has 4 N–H and O–H groups in total. The number of pyridine rings is 3. The number of carbonyl (C=O) groups is 3. The Labute approximate surface area is 441 Å². The zero-order chi connectivity index (χ0) is 53.9. The fourth-order valence-corrected chi connectivity index (χ4v) is 11.4. The number of fused-ring (bicyclic) bond motifs is 2. The number of carbonyl (C=O) groups excluding carboxylic acids is 3. The number of hydrogen-bond donors (Lipinski definition) is 4. The Morgan fingerprint density at radius 3 is 1.88 bits per heavy atom. The zero-order valence-electron chi connectivity index (χ0n) is 44.5. The van der Waals surface area contributed by atoms with Crippen molar-refractivity contribution in [1.29, 1.82) is 5.26 Å². The molecular weight excluding hydrogens is 967 g/mol. The van der Waals surface area contributed by atoms with Crippen LogP contribution in [0.25, 0.3) is 44.1 Å². The molecule has 0 radical (unpaired) electrons. The third-order valence-corrected chi connectivity index (χ3v) is 15.0. The number of nitrogens with zero attached hydrogens (tertiary/aromatic N) is 8. The van der Waals surface area contributed by atoms with Gasteiger partial charge in [0.1, 0.15) is 29.1 Å². The minimum atomic E-state index is -0.469. The van der Waals surface area contributed by atoms with Gasteiger partial charge in [0.25, 0.3) is 0 Å².